The third-order valence-corrected chi connectivity index (χ3v) is 1.10. The van der Waals surface area contributed by atoms with E-state index in [1.54, 1.807) is 6.92 Å². The van der Waals surface area contributed by atoms with Gasteiger partial charge in [0.2, 0.25) is 5.91 Å². The maximum atomic E-state index is 10.7. The Hall–Kier alpha value is -0.500. The van der Waals surface area contributed by atoms with Crippen LogP contribution in [0.15, 0.2) is 0 Å². The van der Waals surface area contributed by atoms with Gasteiger partial charge in [0, 0.05) is 6.54 Å². The van der Waals surface area contributed by atoms with Crippen LogP contribution in [0.2, 0.25) is 0 Å². The quantitative estimate of drug-likeness (QED) is 0.312. The van der Waals surface area contributed by atoms with Gasteiger partial charge in [0.1, 0.15) is 6.10 Å². The lowest BCUT2D eigenvalue weighted by Gasteiger charge is -2.06. The molecule has 0 saturated heterocycles. The van der Waals surface area contributed by atoms with Crippen LogP contribution in [-0.4, -0.2) is 50.1 Å². The molecule has 0 rings (SSSR count). The first-order valence-corrected chi connectivity index (χ1v) is 5.63. The molecule has 15 heavy (non-hydrogen) atoms. The number of aliphatic hydroxyl groups is 2. The van der Waals surface area contributed by atoms with Crippen LogP contribution in [0.1, 0.15) is 13.3 Å². The van der Waals surface area contributed by atoms with E-state index in [9.17, 15) is 4.79 Å². The van der Waals surface area contributed by atoms with Gasteiger partial charge in [-0.3, -0.25) is 4.79 Å². The number of hydrogen-bond donors (Lipinski definition) is 6. The lowest BCUT2D eigenvalue weighted by Crippen LogP contribution is -2.35. The predicted octanol–water partition coefficient (Wildman–Crippen LogP) is -2.06. The number of hydrogen-bond acceptors (Lipinski definition) is 4. The number of carbonyl (C=O) groups is 1. The molecule has 0 fully saturated rings. The molecule has 0 aromatic heterocycles. The molecule has 0 aliphatic rings. The number of amides is 1. The van der Waals surface area contributed by atoms with Gasteiger partial charge in [-0.1, -0.05) is 6.92 Å². The summed E-state index contributed by atoms with van der Waals surface area (Å²) >= 11 is 0. The van der Waals surface area contributed by atoms with Crippen LogP contribution in [0, 0.1) is 0 Å². The highest BCUT2D eigenvalue weighted by Crippen LogP contribution is 2.25. The van der Waals surface area contributed by atoms with Gasteiger partial charge >= 0.3 is 7.82 Å². The van der Waals surface area contributed by atoms with Crippen molar-refractivity contribution in [3.05, 3.63) is 0 Å². The molecule has 0 spiro atoms. The lowest BCUT2D eigenvalue weighted by molar-refractivity contribution is -0.129. The topological polar surface area (TPSA) is 147 Å². The van der Waals surface area contributed by atoms with Crippen molar-refractivity contribution < 1.29 is 34.3 Å². The Morgan fingerprint density at radius 3 is 2.07 bits per heavy atom. The Bertz CT molecular complexity index is 207. The van der Waals surface area contributed by atoms with E-state index in [1.807, 2.05) is 0 Å². The number of phosphoric acid groups is 1. The molecule has 0 aliphatic carbocycles. The van der Waals surface area contributed by atoms with Crippen molar-refractivity contribution in [1.29, 1.82) is 0 Å². The van der Waals surface area contributed by atoms with E-state index in [0.29, 0.717) is 6.42 Å². The van der Waals surface area contributed by atoms with Crippen molar-refractivity contribution in [2.45, 2.75) is 19.4 Å². The summed E-state index contributed by atoms with van der Waals surface area (Å²) in [4.78, 5) is 32.2. The molecule has 9 heteroatoms. The number of nitrogens with one attached hydrogen (secondary N) is 1. The van der Waals surface area contributed by atoms with Crippen molar-refractivity contribution in [3.63, 3.8) is 0 Å². The Morgan fingerprint density at radius 2 is 1.80 bits per heavy atom. The summed E-state index contributed by atoms with van der Waals surface area (Å²) in [5.41, 5.74) is 0. The van der Waals surface area contributed by atoms with E-state index in [0.717, 1.165) is 0 Å². The smallest absolute Gasteiger partial charge is 0.395 e. The van der Waals surface area contributed by atoms with Crippen LogP contribution in [0.5, 0.6) is 0 Å². The molecular weight excluding hydrogens is 229 g/mol. The van der Waals surface area contributed by atoms with Crippen molar-refractivity contribution in [3.8, 4) is 0 Å². The minimum absolute atomic E-state index is 0.0951. The molecule has 8 nitrogen and oxygen atoms in total. The first-order valence-electron chi connectivity index (χ1n) is 4.07. The Balaban J connectivity index is 0. The van der Waals surface area contributed by atoms with E-state index in [4.69, 9.17) is 29.5 Å². The molecule has 0 aliphatic heterocycles. The molecule has 0 heterocycles. The minimum Gasteiger partial charge on any atom is -0.395 e. The van der Waals surface area contributed by atoms with Crippen molar-refractivity contribution in [2.24, 2.45) is 0 Å². The van der Waals surface area contributed by atoms with Crippen molar-refractivity contribution in [2.75, 3.05) is 13.2 Å². The molecule has 6 N–H and O–H groups in total. The van der Waals surface area contributed by atoms with Gasteiger partial charge in [-0.15, -0.1) is 0 Å². The number of carbonyl (C=O) groups excluding carboxylic acids is 1. The molecule has 0 radical (unpaired) electrons. The monoisotopic (exact) mass is 245 g/mol. The zero-order valence-electron chi connectivity index (χ0n) is 8.20. The van der Waals surface area contributed by atoms with Crippen LogP contribution in [0.3, 0.4) is 0 Å². The van der Waals surface area contributed by atoms with E-state index >= 15 is 0 Å². The zero-order valence-corrected chi connectivity index (χ0v) is 9.09. The summed E-state index contributed by atoms with van der Waals surface area (Å²) in [5, 5.41) is 19.5. The second-order valence-electron chi connectivity index (χ2n) is 2.45. The number of aliphatic hydroxyl groups excluding tert-OH is 2. The van der Waals surface area contributed by atoms with Crippen LogP contribution in [0.25, 0.3) is 0 Å². The third kappa shape index (κ3) is 19.8. The van der Waals surface area contributed by atoms with Gasteiger partial charge in [0.05, 0.1) is 6.61 Å². The van der Waals surface area contributed by atoms with Crippen LogP contribution in [-0.2, 0) is 9.36 Å². The summed E-state index contributed by atoms with van der Waals surface area (Å²) in [6.45, 7) is 1.82. The van der Waals surface area contributed by atoms with E-state index in [1.165, 1.54) is 0 Å². The summed E-state index contributed by atoms with van der Waals surface area (Å²) in [5.74, 6) is -0.420. The molecule has 0 saturated carbocycles. The van der Waals surface area contributed by atoms with Crippen molar-refractivity contribution >= 4 is 13.7 Å². The summed E-state index contributed by atoms with van der Waals surface area (Å²) in [7, 11) is -4.64. The van der Waals surface area contributed by atoms with Crippen LogP contribution >= 0.6 is 7.82 Å². The molecule has 1 atom stereocenters. The largest absolute Gasteiger partial charge is 0.466 e. The van der Waals surface area contributed by atoms with Gasteiger partial charge in [-0.2, -0.15) is 0 Å². The number of rotatable bonds is 4. The first-order chi connectivity index (χ1) is 6.72. The molecular formula is C6H16NO7P. The highest BCUT2D eigenvalue weighted by atomic mass is 31.2. The highest BCUT2D eigenvalue weighted by Gasteiger charge is 2.09. The fourth-order valence-corrected chi connectivity index (χ4v) is 0.482. The lowest BCUT2D eigenvalue weighted by atomic mass is 10.2. The van der Waals surface area contributed by atoms with Crippen molar-refractivity contribution in [1.82, 2.24) is 5.32 Å². The fourth-order valence-electron chi connectivity index (χ4n) is 0.482. The molecule has 1 unspecified atom stereocenters. The van der Waals surface area contributed by atoms with E-state index in [2.05, 4.69) is 5.32 Å². The fraction of sp³-hybridized carbons (Fsp3) is 0.833. The average molecular weight is 245 g/mol. The maximum absolute atomic E-state index is 10.7. The molecule has 0 aromatic rings. The molecule has 0 aromatic carbocycles. The average Bonchev–Trinajstić information content (AvgIpc) is 2.10. The maximum Gasteiger partial charge on any atom is 0.466 e. The normalized spacial score (nSPS) is 12.4. The van der Waals surface area contributed by atoms with Crippen LogP contribution < -0.4 is 5.32 Å². The zero-order chi connectivity index (χ0) is 12.5. The van der Waals surface area contributed by atoms with E-state index < -0.39 is 19.8 Å². The predicted molar refractivity (Wildman–Crippen MR) is 50.7 cm³/mol. The van der Waals surface area contributed by atoms with Gasteiger partial charge < -0.3 is 30.2 Å². The molecule has 92 valence electrons. The second kappa shape index (κ2) is 8.78. The summed E-state index contributed by atoms with van der Waals surface area (Å²) in [6.07, 6.45) is -0.538. The summed E-state index contributed by atoms with van der Waals surface area (Å²) in [6, 6.07) is 0. The Morgan fingerprint density at radius 1 is 1.40 bits per heavy atom. The highest BCUT2D eigenvalue weighted by molar-refractivity contribution is 7.45. The van der Waals surface area contributed by atoms with Gasteiger partial charge in [0.25, 0.3) is 0 Å². The third-order valence-electron chi connectivity index (χ3n) is 1.10. The van der Waals surface area contributed by atoms with Crippen LogP contribution in [0.4, 0.5) is 0 Å². The Labute approximate surface area is 86.8 Å². The van der Waals surface area contributed by atoms with Gasteiger partial charge in [-0.05, 0) is 6.42 Å². The molecule has 0 bridgehead atoms. The first kappa shape index (κ1) is 16.9. The molecule has 1 amide bonds. The van der Waals surface area contributed by atoms with Gasteiger partial charge in [0.15, 0.2) is 0 Å². The minimum atomic E-state index is -4.64. The SMILES string of the molecule is CCC(O)C(=O)NCCO.O=P(O)(O)O. The summed E-state index contributed by atoms with van der Waals surface area (Å²) < 4.78 is 8.88. The van der Waals surface area contributed by atoms with Gasteiger partial charge in [-0.25, -0.2) is 4.57 Å². The second-order valence-corrected chi connectivity index (χ2v) is 3.48. The Kier molecular flexibility index (Phi) is 9.90. The van der Waals surface area contributed by atoms with E-state index in [-0.39, 0.29) is 13.2 Å². The standard InChI is InChI=1S/C6H13NO3.H3O4P/c1-2-5(9)6(10)7-3-4-8;1-5(2,3)4/h5,8-9H,2-4H2,1H3,(H,7,10);(H3,1,2,3,4).